The molecule has 0 amide bonds. The molecule has 1 rings (SSSR count). The first kappa shape index (κ1) is 12.7. The van der Waals surface area contributed by atoms with E-state index in [-0.39, 0.29) is 0 Å². The van der Waals surface area contributed by atoms with E-state index in [4.69, 9.17) is 0 Å². The van der Waals surface area contributed by atoms with Gasteiger partial charge in [-0.05, 0) is 47.4 Å². The molecule has 0 aromatic carbocycles. The monoisotopic (exact) mass is 270 g/mol. The molecule has 0 aliphatic carbocycles. The highest BCUT2D eigenvalue weighted by Gasteiger charge is 2.13. The fraction of sp³-hybridized carbons (Fsp3) is 0.583. The van der Waals surface area contributed by atoms with Crippen LogP contribution in [0, 0.1) is 0 Å². The Balaban J connectivity index is 2.74. The summed E-state index contributed by atoms with van der Waals surface area (Å²) in [6.45, 7) is 5.44. The highest BCUT2D eigenvalue weighted by atomic mass is 79.9. The van der Waals surface area contributed by atoms with E-state index in [2.05, 4.69) is 46.1 Å². The number of pyridine rings is 1. The standard InChI is InChI=1S/C12H19BrN2/c1-3-6-11(14-8-4-2)12-10(13)7-5-9-15-12/h5,7,9,11,14H,3-4,6,8H2,1-2H3. The molecule has 1 atom stereocenters. The van der Waals surface area contributed by atoms with Gasteiger partial charge in [-0.1, -0.05) is 20.3 Å². The van der Waals surface area contributed by atoms with E-state index in [0.29, 0.717) is 6.04 Å². The topological polar surface area (TPSA) is 24.9 Å². The molecule has 1 unspecified atom stereocenters. The van der Waals surface area contributed by atoms with E-state index in [9.17, 15) is 0 Å². The molecule has 1 heterocycles. The summed E-state index contributed by atoms with van der Waals surface area (Å²) in [4.78, 5) is 4.44. The van der Waals surface area contributed by atoms with E-state index in [1.807, 2.05) is 12.3 Å². The Hall–Kier alpha value is -0.410. The van der Waals surface area contributed by atoms with Gasteiger partial charge in [0.2, 0.25) is 0 Å². The lowest BCUT2D eigenvalue weighted by Gasteiger charge is -2.18. The van der Waals surface area contributed by atoms with Gasteiger partial charge in [-0.15, -0.1) is 0 Å². The number of rotatable bonds is 6. The lowest BCUT2D eigenvalue weighted by molar-refractivity contribution is 0.482. The number of nitrogens with zero attached hydrogens (tertiary/aromatic N) is 1. The molecule has 1 aromatic rings. The van der Waals surface area contributed by atoms with Crippen molar-refractivity contribution < 1.29 is 0 Å². The summed E-state index contributed by atoms with van der Waals surface area (Å²) in [6.07, 6.45) is 5.32. The number of hydrogen-bond acceptors (Lipinski definition) is 2. The van der Waals surface area contributed by atoms with Crippen LogP contribution in [0.15, 0.2) is 22.8 Å². The van der Waals surface area contributed by atoms with Gasteiger partial charge in [-0.3, -0.25) is 4.98 Å². The van der Waals surface area contributed by atoms with Gasteiger partial charge >= 0.3 is 0 Å². The first-order valence-electron chi connectivity index (χ1n) is 5.63. The van der Waals surface area contributed by atoms with Crippen LogP contribution in [-0.4, -0.2) is 11.5 Å². The average molecular weight is 271 g/mol. The molecule has 0 saturated carbocycles. The molecule has 0 fully saturated rings. The first-order chi connectivity index (χ1) is 7.29. The Morgan fingerprint density at radius 2 is 2.20 bits per heavy atom. The zero-order valence-corrected chi connectivity index (χ0v) is 11.0. The van der Waals surface area contributed by atoms with Crippen LogP contribution in [0.1, 0.15) is 44.8 Å². The van der Waals surface area contributed by atoms with Gasteiger partial charge in [0.05, 0.1) is 11.7 Å². The maximum Gasteiger partial charge on any atom is 0.0714 e. The van der Waals surface area contributed by atoms with Gasteiger partial charge in [-0.2, -0.15) is 0 Å². The molecule has 0 aliphatic rings. The molecule has 0 bridgehead atoms. The maximum atomic E-state index is 4.44. The van der Waals surface area contributed by atoms with E-state index in [0.717, 1.165) is 29.6 Å². The minimum absolute atomic E-state index is 0.380. The Morgan fingerprint density at radius 1 is 1.40 bits per heavy atom. The van der Waals surface area contributed by atoms with E-state index in [1.165, 1.54) is 6.42 Å². The highest BCUT2D eigenvalue weighted by Crippen LogP contribution is 2.23. The largest absolute Gasteiger partial charge is 0.309 e. The van der Waals surface area contributed by atoms with E-state index in [1.54, 1.807) is 0 Å². The second-order valence-electron chi connectivity index (χ2n) is 3.67. The second-order valence-corrected chi connectivity index (χ2v) is 4.52. The van der Waals surface area contributed by atoms with Crippen LogP contribution in [0.2, 0.25) is 0 Å². The van der Waals surface area contributed by atoms with Crippen LogP contribution in [0.5, 0.6) is 0 Å². The minimum atomic E-state index is 0.380. The molecule has 1 aromatic heterocycles. The van der Waals surface area contributed by atoms with Crippen molar-refractivity contribution in [3.8, 4) is 0 Å². The smallest absolute Gasteiger partial charge is 0.0714 e. The van der Waals surface area contributed by atoms with Crippen molar-refractivity contribution >= 4 is 15.9 Å². The van der Waals surface area contributed by atoms with Crippen molar-refractivity contribution in [1.29, 1.82) is 0 Å². The summed E-state index contributed by atoms with van der Waals surface area (Å²) in [5, 5.41) is 3.53. The molecule has 3 heteroatoms. The van der Waals surface area contributed by atoms with Crippen molar-refractivity contribution in [2.24, 2.45) is 0 Å². The zero-order valence-electron chi connectivity index (χ0n) is 9.46. The van der Waals surface area contributed by atoms with Gasteiger partial charge in [0, 0.05) is 10.7 Å². The van der Waals surface area contributed by atoms with Crippen LogP contribution in [0.4, 0.5) is 0 Å². The second kappa shape index (κ2) is 6.96. The molecular formula is C12H19BrN2. The lowest BCUT2D eigenvalue weighted by atomic mass is 10.1. The Morgan fingerprint density at radius 3 is 2.80 bits per heavy atom. The summed E-state index contributed by atoms with van der Waals surface area (Å²) in [5.74, 6) is 0. The van der Waals surface area contributed by atoms with Crippen molar-refractivity contribution in [3.63, 3.8) is 0 Å². The third-order valence-corrected chi connectivity index (χ3v) is 3.01. The average Bonchev–Trinajstić information content (AvgIpc) is 2.25. The van der Waals surface area contributed by atoms with Gasteiger partial charge in [0.1, 0.15) is 0 Å². The first-order valence-corrected chi connectivity index (χ1v) is 6.42. The third-order valence-electron chi connectivity index (χ3n) is 2.34. The number of aromatic nitrogens is 1. The SMILES string of the molecule is CCCNC(CCC)c1ncccc1Br. The van der Waals surface area contributed by atoms with Gasteiger partial charge in [0.25, 0.3) is 0 Å². The molecule has 0 spiro atoms. The predicted molar refractivity (Wildman–Crippen MR) is 67.9 cm³/mol. The summed E-state index contributed by atoms with van der Waals surface area (Å²) in [5.41, 5.74) is 1.13. The van der Waals surface area contributed by atoms with Crippen molar-refractivity contribution in [1.82, 2.24) is 10.3 Å². The number of nitrogens with one attached hydrogen (secondary N) is 1. The van der Waals surface area contributed by atoms with Crippen molar-refractivity contribution in [2.45, 2.75) is 39.2 Å². The molecule has 0 aliphatic heterocycles. The minimum Gasteiger partial charge on any atom is -0.309 e. The molecule has 0 radical (unpaired) electrons. The Labute approximate surface area is 101 Å². The van der Waals surface area contributed by atoms with Crippen molar-refractivity contribution in [3.05, 3.63) is 28.5 Å². The van der Waals surface area contributed by atoms with Gasteiger partial charge in [0.15, 0.2) is 0 Å². The predicted octanol–water partition coefficient (Wildman–Crippen LogP) is 3.68. The fourth-order valence-electron chi connectivity index (χ4n) is 1.60. The molecule has 0 saturated heterocycles. The lowest BCUT2D eigenvalue weighted by Crippen LogP contribution is -2.23. The van der Waals surface area contributed by atoms with Gasteiger partial charge < -0.3 is 5.32 Å². The van der Waals surface area contributed by atoms with Crippen LogP contribution in [0.25, 0.3) is 0 Å². The number of halogens is 1. The van der Waals surface area contributed by atoms with Gasteiger partial charge in [-0.25, -0.2) is 0 Å². The molecular weight excluding hydrogens is 252 g/mol. The van der Waals surface area contributed by atoms with Crippen molar-refractivity contribution in [2.75, 3.05) is 6.54 Å². The summed E-state index contributed by atoms with van der Waals surface area (Å²) in [7, 11) is 0. The fourth-order valence-corrected chi connectivity index (χ4v) is 2.13. The summed E-state index contributed by atoms with van der Waals surface area (Å²) >= 11 is 3.56. The van der Waals surface area contributed by atoms with Crippen LogP contribution >= 0.6 is 15.9 Å². The van der Waals surface area contributed by atoms with E-state index < -0.39 is 0 Å². The molecule has 84 valence electrons. The molecule has 1 N–H and O–H groups in total. The zero-order chi connectivity index (χ0) is 11.1. The quantitative estimate of drug-likeness (QED) is 0.853. The van der Waals surface area contributed by atoms with Crippen LogP contribution < -0.4 is 5.32 Å². The third kappa shape index (κ3) is 3.92. The van der Waals surface area contributed by atoms with Crippen LogP contribution in [-0.2, 0) is 0 Å². The Bertz CT molecular complexity index is 289. The Kier molecular flexibility index (Phi) is 5.88. The van der Waals surface area contributed by atoms with E-state index >= 15 is 0 Å². The van der Waals surface area contributed by atoms with Crippen LogP contribution in [0.3, 0.4) is 0 Å². The molecule has 2 nitrogen and oxygen atoms in total. The summed E-state index contributed by atoms with van der Waals surface area (Å²) < 4.78 is 1.10. The normalized spacial score (nSPS) is 12.7. The molecule has 15 heavy (non-hydrogen) atoms. The highest BCUT2D eigenvalue weighted by molar-refractivity contribution is 9.10. The maximum absolute atomic E-state index is 4.44. The summed E-state index contributed by atoms with van der Waals surface area (Å²) in [6, 6.07) is 4.39. The number of hydrogen-bond donors (Lipinski definition) is 1.